The van der Waals surface area contributed by atoms with Gasteiger partial charge in [-0.15, -0.1) is 0 Å². The molecule has 0 amide bonds. The summed E-state index contributed by atoms with van der Waals surface area (Å²) in [6, 6.07) is 4.50. The van der Waals surface area contributed by atoms with E-state index in [2.05, 4.69) is 10.3 Å². The summed E-state index contributed by atoms with van der Waals surface area (Å²) in [5.41, 5.74) is 0.897. The molecule has 1 aromatic rings. The zero-order valence-electron chi connectivity index (χ0n) is 8.40. The number of hydrogen-bond acceptors (Lipinski definition) is 3. The van der Waals surface area contributed by atoms with E-state index in [4.69, 9.17) is 0 Å². The molecule has 1 saturated carbocycles. The molecular weight excluding hydrogens is 176 g/mol. The number of pyridine rings is 1. The fourth-order valence-electron chi connectivity index (χ4n) is 1.36. The van der Waals surface area contributed by atoms with Crippen molar-refractivity contribution in [1.29, 1.82) is 0 Å². The normalized spacial score (nSPS) is 17.9. The van der Waals surface area contributed by atoms with Crippen LogP contribution in [0.4, 0.5) is 5.82 Å². The summed E-state index contributed by atoms with van der Waals surface area (Å²) in [6.07, 6.45) is 4.61. The van der Waals surface area contributed by atoms with E-state index in [1.807, 2.05) is 19.1 Å². The van der Waals surface area contributed by atoms with Crippen LogP contribution in [0.15, 0.2) is 18.3 Å². The molecule has 1 atom stereocenters. The first kappa shape index (κ1) is 9.46. The molecule has 14 heavy (non-hydrogen) atoms. The maximum atomic E-state index is 9.55. The number of aliphatic hydroxyl groups is 1. The van der Waals surface area contributed by atoms with Crippen LogP contribution >= 0.6 is 0 Å². The summed E-state index contributed by atoms with van der Waals surface area (Å²) in [6.45, 7) is 1.96. The van der Waals surface area contributed by atoms with Crippen molar-refractivity contribution < 1.29 is 5.11 Å². The molecule has 1 aliphatic rings. The van der Waals surface area contributed by atoms with E-state index in [1.54, 1.807) is 6.20 Å². The molecule has 76 valence electrons. The number of aliphatic hydroxyl groups excluding tert-OH is 1. The van der Waals surface area contributed by atoms with Crippen molar-refractivity contribution in [1.82, 2.24) is 4.98 Å². The highest BCUT2D eigenvalue weighted by atomic mass is 16.3. The van der Waals surface area contributed by atoms with Gasteiger partial charge in [-0.3, -0.25) is 0 Å². The van der Waals surface area contributed by atoms with Crippen LogP contribution in [0.2, 0.25) is 0 Å². The Labute approximate surface area is 84.2 Å². The highest BCUT2D eigenvalue weighted by molar-refractivity contribution is 5.38. The lowest BCUT2D eigenvalue weighted by Crippen LogP contribution is -2.03. The van der Waals surface area contributed by atoms with Gasteiger partial charge in [-0.2, -0.15) is 0 Å². The largest absolute Gasteiger partial charge is 0.388 e. The fraction of sp³-hybridized carbons (Fsp3) is 0.545. The van der Waals surface area contributed by atoms with Gasteiger partial charge in [0.15, 0.2) is 0 Å². The first-order chi connectivity index (χ1) is 6.79. The van der Waals surface area contributed by atoms with E-state index in [0.29, 0.717) is 6.04 Å². The molecule has 0 spiro atoms. The average molecular weight is 192 g/mol. The summed E-state index contributed by atoms with van der Waals surface area (Å²) >= 11 is 0. The van der Waals surface area contributed by atoms with Crippen LogP contribution in [0.5, 0.6) is 0 Å². The Hall–Kier alpha value is -1.09. The Kier molecular flexibility index (Phi) is 2.68. The number of anilines is 1. The third-order valence-electron chi connectivity index (χ3n) is 2.49. The molecule has 0 radical (unpaired) electrons. The molecule has 0 unspecified atom stereocenters. The SMILES string of the molecule is CC[C@H](O)c1ccc(NC2CC2)nc1. The number of hydrogen-bond donors (Lipinski definition) is 2. The average Bonchev–Trinajstić information content (AvgIpc) is 3.02. The number of nitrogens with zero attached hydrogens (tertiary/aromatic N) is 1. The first-order valence-electron chi connectivity index (χ1n) is 5.20. The summed E-state index contributed by atoms with van der Waals surface area (Å²) in [5.74, 6) is 0.916. The second-order valence-corrected chi connectivity index (χ2v) is 3.82. The minimum Gasteiger partial charge on any atom is -0.388 e. The van der Waals surface area contributed by atoms with Gasteiger partial charge in [0.25, 0.3) is 0 Å². The number of rotatable bonds is 4. The molecule has 1 aromatic heterocycles. The van der Waals surface area contributed by atoms with E-state index < -0.39 is 0 Å². The van der Waals surface area contributed by atoms with Crippen molar-refractivity contribution >= 4 is 5.82 Å². The van der Waals surface area contributed by atoms with E-state index in [1.165, 1.54) is 12.8 Å². The molecular formula is C11H16N2O. The lowest BCUT2D eigenvalue weighted by molar-refractivity contribution is 0.173. The molecule has 2 N–H and O–H groups in total. The Morgan fingerprint density at radius 2 is 2.36 bits per heavy atom. The minimum absolute atomic E-state index is 0.377. The van der Waals surface area contributed by atoms with Gasteiger partial charge in [0.2, 0.25) is 0 Å². The first-order valence-corrected chi connectivity index (χ1v) is 5.20. The monoisotopic (exact) mass is 192 g/mol. The lowest BCUT2D eigenvalue weighted by atomic mass is 10.1. The molecule has 0 aliphatic heterocycles. The second-order valence-electron chi connectivity index (χ2n) is 3.82. The molecule has 1 heterocycles. The summed E-state index contributed by atoms with van der Waals surface area (Å²) in [7, 11) is 0. The predicted molar refractivity (Wildman–Crippen MR) is 56.1 cm³/mol. The smallest absolute Gasteiger partial charge is 0.126 e. The van der Waals surface area contributed by atoms with Gasteiger partial charge in [-0.25, -0.2) is 4.98 Å². The van der Waals surface area contributed by atoms with Crippen molar-refractivity contribution in [3.8, 4) is 0 Å². The van der Waals surface area contributed by atoms with Gasteiger partial charge in [0, 0.05) is 12.2 Å². The fourth-order valence-corrected chi connectivity index (χ4v) is 1.36. The molecule has 3 heteroatoms. The Bertz CT molecular complexity index is 293. The minimum atomic E-state index is -0.377. The highest BCUT2D eigenvalue weighted by Crippen LogP contribution is 2.24. The maximum absolute atomic E-state index is 9.55. The van der Waals surface area contributed by atoms with Crippen LogP contribution in [-0.2, 0) is 0 Å². The van der Waals surface area contributed by atoms with Crippen molar-refractivity contribution in [3.63, 3.8) is 0 Å². The summed E-state index contributed by atoms with van der Waals surface area (Å²) < 4.78 is 0. The van der Waals surface area contributed by atoms with E-state index in [0.717, 1.165) is 17.8 Å². The molecule has 1 fully saturated rings. The van der Waals surface area contributed by atoms with Gasteiger partial charge in [0.05, 0.1) is 6.10 Å². The van der Waals surface area contributed by atoms with Crippen LogP contribution in [0.1, 0.15) is 37.9 Å². The van der Waals surface area contributed by atoms with Gasteiger partial charge in [-0.1, -0.05) is 13.0 Å². The van der Waals surface area contributed by atoms with Gasteiger partial charge < -0.3 is 10.4 Å². The van der Waals surface area contributed by atoms with Crippen molar-refractivity contribution in [2.24, 2.45) is 0 Å². The van der Waals surface area contributed by atoms with Gasteiger partial charge >= 0.3 is 0 Å². The van der Waals surface area contributed by atoms with E-state index in [-0.39, 0.29) is 6.10 Å². The van der Waals surface area contributed by atoms with E-state index in [9.17, 15) is 5.11 Å². The zero-order chi connectivity index (χ0) is 9.97. The molecule has 0 bridgehead atoms. The molecule has 1 aliphatic carbocycles. The topological polar surface area (TPSA) is 45.1 Å². The molecule has 0 saturated heterocycles. The third kappa shape index (κ3) is 2.23. The number of aromatic nitrogens is 1. The zero-order valence-corrected chi connectivity index (χ0v) is 8.40. The van der Waals surface area contributed by atoms with Gasteiger partial charge in [-0.05, 0) is 30.9 Å². The van der Waals surface area contributed by atoms with Crippen LogP contribution < -0.4 is 5.32 Å². The van der Waals surface area contributed by atoms with Crippen molar-refractivity contribution in [2.45, 2.75) is 38.3 Å². The second kappa shape index (κ2) is 3.96. The van der Waals surface area contributed by atoms with Crippen molar-refractivity contribution in [2.75, 3.05) is 5.32 Å². The predicted octanol–water partition coefficient (Wildman–Crippen LogP) is 2.10. The standard InChI is InChI=1S/C11H16N2O/c1-2-10(14)8-3-6-11(12-7-8)13-9-4-5-9/h3,6-7,9-10,14H,2,4-5H2,1H3,(H,12,13)/t10-/m0/s1. The Morgan fingerprint density at radius 1 is 1.57 bits per heavy atom. The highest BCUT2D eigenvalue weighted by Gasteiger charge is 2.21. The molecule has 0 aromatic carbocycles. The quantitative estimate of drug-likeness (QED) is 0.768. The third-order valence-corrected chi connectivity index (χ3v) is 2.49. The molecule has 2 rings (SSSR count). The van der Waals surface area contributed by atoms with Crippen LogP contribution in [0, 0.1) is 0 Å². The lowest BCUT2D eigenvalue weighted by Gasteiger charge is -2.08. The Balaban J connectivity index is 2.01. The van der Waals surface area contributed by atoms with Gasteiger partial charge in [0.1, 0.15) is 5.82 Å². The van der Waals surface area contributed by atoms with Crippen molar-refractivity contribution in [3.05, 3.63) is 23.9 Å². The summed E-state index contributed by atoms with van der Waals surface area (Å²) in [5, 5.41) is 12.9. The van der Waals surface area contributed by atoms with Crippen LogP contribution in [-0.4, -0.2) is 16.1 Å². The van der Waals surface area contributed by atoms with Crippen LogP contribution in [0.3, 0.4) is 0 Å². The summed E-state index contributed by atoms with van der Waals surface area (Å²) in [4.78, 5) is 4.26. The molecule has 3 nitrogen and oxygen atoms in total. The maximum Gasteiger partial charge on any atom is 0.126 e. The number of nitrogens with one attached hydrogen (secondary N) is 1. The Morgan fingerprint density at radius 3 is 2.86 bits per heavy atom. The van der Waals surface area contributed by atoms with Crippen LogP contribution in [0.25, 0.3) is 0 Å². The van der Waals surface area contributed by atoms with E-state index >= 15 is 0 Å².